The maximum Gasteiger partial charge on any atom is 0.279 e. The Morgan fingerprint density at radius 2 is 1.77 bits per heavy atom. The summed E-state index contributed by atoms with van der Waals surface area (Å²) in [5, 5.41) is 5.44. The number of rotatable bonds is 4. The fourth-order valence-electron chi connectivity index (χ4n) is 3.73. The Labute approximate surface area is 220 Å². The van der Waals surface area contributed by atoms with E-state index < -0.39 is 5.91 Å². The second-order valence-corrected chi connectivity index (χ2v) is 10.1. The molecule has 0 spiro atoms. The van der Waals surface area contributed by atoms with Gasteiger partial charge in [-0.25, -0.2) is 0 Å². The summed E-state index contributed by atoms with van der Waals surface area (Å²) in [6.45, 7) is 0.586. The lowest BCUT2D eigenvalue weighted by Gasteiger charge is -2.06. The highest BCUT2D eigenvalue weighted by atomic mass is 35.5. The molecule has 0 bridgehead atoms. The van der Waals surface area contributed by atoms with Crippen LogP contribution in [0.1, 0.15) is 21.5 Å². The number of nitrogens with one attached hydrogen (secondary N) is 1. The van der Waals surface area contributed by atoms with Crippen molar-refractivity contribution in [1.29, 1.82) is 0 Å². The molecule has 4 aromatic rings. The van der Waals surface area contributed by atoms with Crippen LogP contribution < -0.4 is 5.32 Å². The van der Waals surface area contributed by atoms with E-state index >= 15 is 0 Å². The Hall–Kier alpha value is -3.03. The van der Waals surface area contributed by atoms with Gasteiger partial charge in [-0.2, -0.15) is 4.99 Å². The van der Waals surface area contributed by atoms with Gasteiger partial charge in [0, 0.05) is 39.8 Å². The topological polar surface area (TPSA) is 63.5 Å². The Bertz CT molecular complexity index is 1540. The molecule has 1 N–H and O–H groups in total. The SMILES string of the molecule is O=C1NC(=NC(=O)c2ccc(Cl)cc2)S/C1=C\c1cn(Cc2ccc(Cl)c(Cl)c2)c2ccccc12. The number of fused-ring (bicyclic) bond motifs is 1. The van der Waals surface area contributed by atoms with Crippen LogP contribution >= 0.6 is 46.6 Å². The molecular formula is C26H16Cl3N3O2S. The van der Waals surface area contributed by atoms with Gasteiger partial charge in [-0.05, 0) is 65.9 Å². The molecule has 0 saturated carbocycles. The van der Waals surface area contributed by atoms with Crippen molar-refractivity contribution >= 4 is 80.5 Å². The maximum atomic E-state index is 12.6. The molecule has 1 aliphatic heterocycles. The second kappa shape index (κ2) is 9.91. The lowest BCUT2D eigenvalue weighted by Crippen LogP contribution is -2.20. The van der Waals surface area contributed by atoms with Crippen molar-refractivity contribution in [1.82, 2.24) is 9.88 Å². The van der Waals surface area contributed by atoms with E-state index in [1.807, 2.05) is 48.7 Å². The number of hydrogen-bond acceptors (Lipinski definition) is 3. The van der Waals surface area contributed by atoms with Gasteiger partial charge in [0.25, 0.3) is 11.8 Å². The number of amidine groups is 1. The molecule has 0 atom stereocenters. The number of carbonyl (C=O) groups is 2. The number of nitrogens with zero attached hydrogens (tertiary/aromatic N) is 2. The molecule has 0 aliphatic carbocycles. The minimum absolute atomic E-state index is 0.237. The van der Waals surface area contributed by atoms with Gasteiger partial charge in [-0.3, -0.25) is 9.59 Å². The van der Waals surface area contributed by atoms with Crippen LogP contribution in [0.3, 0.4) is 0 Å². The van der Waals surface area contributed by atoms with Crippen LogP contribution in [-0.2, 0) is 11.3 Å². The summed E-state index contributed by atoms with van der Waals surface area (Å²) in [6.07, 6.45) is 3.80. The molecule has 2 heterocycles. The highest BCUT2D eigenvalue weighted by Crippen LogP contribution is 2.31. The minimum Gasteiger partial charge on any atom is -0.342 e. The van der Waals surface area contributed by atoms with E-state index in [4.69, 9.17) is 34.8 Å². The molecule has 3 aromatic carbocycles. The fourth-order valence-corrected chi connectivity index (χ4v) is 4.98. The Morgan fingerprint density at radius 1 is 1.00 bits per heavy atom. The summed E-state index contributed by atoms with van der Waals surface area (Å²) in [6, 6.07) is 19.9. The number of amides is 2. The zero-order chi connectivity index (χ0) is 24.5. The van der Waals surface area contributed by atoms with Crippen LogP contribution in [0.15, 0.2) is 82.8 Å². The smallest absolute Gasteiger partial charge is 0.279 e. The van der Waals surface area contributed by atoms with Crippen LogP contribution in [0.4, 0.5) is 0 Å². The van der Waals surface area contributed by atoms with E-state index in [2.05, 4.69) is 14.9 Å². The van der Waals surface area contributed by atoms with E-state index in [1.54, 1.807) is 30.3 Å². The first-order valence-corrected chi connectivity index (χ1v) is 12.4. The molecule has 1 aromatic heterocycles. The molecule has 5 nitrogen and oxygen atoms in total. The quantitative estimate of drug-likeness (QED) is 0.282. The molecule has 1 saturated heterocycles. The maximum absolute atomic E-state index is 12.6. The number of benzene rings is 3. The number of halogens is 3. The van der Waals surface area contributed by atoms with Gasteiger partial charge in [0.15, 0.2) is 5.17 Å². The van der Waals surface area contributed by atoms with Crippen molar-refractivity contribution in [2.24, 2.45) is 4.99 Å². The van der Waals surface area contributed by atoms with Gasteiger partial charge in [0.1, 0.15) is 0 Å². The van der Waals surface area contributed by atoms with Crippen molar-refractivity contribution in [2.45, 2.75) is 6.54 Å². The number of aromatic nitrogens is 1. The molecule has 9 heteroatoms. The zero-order valence-electron chi connectivity index (χ0n) is 18.0. The fraction of sp³-hybridized carbons (Fsp3) is 0.0385. The molecule has 5 rings (SSSR count). The van der Waals surface area contributed by atoms with Crippen molar-refractivity contribution in [3.63, 3.8) is 0 Å². The zero-order valence-corrected chi connectivity index (χ0v) is 21.1. The molecule has 1 aliphatic rings. The van der Waals surface area contributed by atoms with Gasteiger partial charge in [0.05, 0.1) is 15.0 Å². The highest BCUT2D eigenvalue weighted by Gasteiger charge is 2.25. The third-order valence-electron chi connectivity index (χ3n) is 5.39. The summed E-state index contributed by atoms with van der Waals surface area (Å²) in [4.78, 5) is 29.6. The average molecular weight is 541 g/mol. The monoisotopic (exact) mass is 539 g/mol. The second-order valence-electron chi connectivity index (χ2n) is 7.77. The van der Waals surface area contributed by atoms with Crippen LogP contribution in [0, 0.1) is 0 Å². The normalized spacial score (nSPS) is 15.8. The van der Waals surface area contributed by atoms with E-state index in [-0.39, 0.29) is 11.1 Å². The van der Waals surface area contributed by atoms with Gasteiger partial charge in [-0.1, -0.05) is 59.1 Å². The molecule has 0 radical (unpaired) electrons. The lowest BCUT2D eigenvalue weighted by molar-refractivity contribution is -0.115. The summed E-state index contributed by atoms with van der Waals surface area (Å²) >= 11 is 19.2. The van der Waals surface area contributed by atoms with Gasteiger partial charge < -0.3 is 9.88 Å². The first kappa shape index (κ1) is 23.7. The first-order chi connectivity index (χ1) is 16.9. The third kappa shape index (κ3) is 5.16. The molecule has 0 unspecified atom stereocenters. The summed E-state index contributed by atoms with van der Waals surface area (Å²) < 4.78 is 2.10. The molecule has 1 fully saturated rings. The molecule has 174 valence electrons. The Morgan fingerprint density at radius 3 is 2.54 bits per heavy atom. The van der Waals surface area contributed by atoms with Crippen molar-refractivity contribution in [3.8, 4) is 0 Å². The Balaban J connectivity index is 1.43. The van der Waals surface area contributed by atoms with E-state index in [1.165, 1.54) is 0 Å². The van der Waals surface area contributed by atoms with Crippen LogP contribution in [-0.4, -0.2) is 21.5 Å². The number of thioether (sulfide) groups is 1. The average Bonchev–Trinajstić information content (AvgIpc) is 3.36. The largest absolute Gasteiger partial charge is 0.342 e. The van der Waals surface area contributed by atoms with Crippen molar-refractivity contribution in [3.05, 3.63) is 110 Å². The van der Waals surface area contributed by atoms with E-state index in [0.717, 1.165) is 33.8 Å². The van der Waals surface area contributed by atoms with Gasteiger partial charge in [0.2, 0.25) is 0 Å². The minimum atomic E-state index is -0.455. The third-order valence-corrected chi connectivity index (χ3v) is 7.29. The molecular weight excluding hydrogens is 525 g/mol. The van der Waals surface area contributed by atoms with Gasteiger partial charge in [-0.15, -0.1) is 0 Å². The van der Waals surface area contributed by atoms with Crippen molar-refractivity contribution < 1.29 is 9.59 Å². The van der Waals surface area contributed by atoms with Crippen LogP contribution in [0.25, 0.3) is 17.0 Å². The molecule has 35 heavy (non-hydrogen) atoms. The summed E-state index contributed by atoms with van der Waals surface area (Å²) in [5.41, 5.74) is 3.28. The lowest BCUT2D eigenvalue weighted by atomic mass is 10.1. The number of para-hydroxylation sites is 1. The number of hydrogen-bond donors (Lipinski definition) is 1. The standard InChI is InChI=1S/C26H16Cl3N3O2S/c27-18-8-6-16(7-9-18)24(33)30-26-31-25(34)23(35-26)12-17-14-32(22-4-2-1-3-19(17)22)13-15-5-10-20(28)21(29)11-15/h1-12,14H,13H2,(H,30,31,33,34)/b23-12-. The predicted octanol–water partition coefficient (Wildman–Crippen LogP) is 7.05. The van der Waals surface area contributed by atoms with E-state index in [9.17, 15) is 9.59 Å². The Kier molecular flexibility index (Phi) is 6.71. The first-order valence-electron chi connectivity index (χ1n) is 10.5. The number of aliphatic imine (C=N–C) groups is 1. The van der Waals surface area contributed by atoms with Gasteiger partial charge >= 0.3 is 0 Å². The number of carbonyl (C=O) groups excluding carboxylic acids is 2. The summed E-state index contributed by atoms with van der Waals surface area (Å²) in [5.74, 6) is -0.761. The molecule has 2 amide bonds. The highest BCUT2D eigenvalue weighted by molar-refractivity contribution is 8.18. The van der Waals surface area contributed by atoms with Crippen LogP contribution in [0.2, 0.25) is 15.1 Å². The van der Waals surface area contributed by atoms with Crippen molar-refractivity contribution in [2.75, 3.05) is 0 Å². The van der Waals surface area contributed by atoms with E-state index in [0.29, 0.717) is 32.1 Å². The predicted molar refractivity (Wildman–Crippen MR) is 144 cm³/mol. The summed E-state index contributed by atoms with van der Waals surface area (Å²) in [7, 11) is 0. The van der Waals surface area contributed by atoms with Crippen LogP contribution in [0.5, 0.6) is 0 Å².